The van der Waals surface area contributed by atoms with E-state index in [2.05, 4.69) is 24.3 Å². The average Bonchev–Trinajstić information content (AvgIpc) is 2.60. The highest BCUT2D eigenvalue weighted by Crippen LogP contribution is 2.26. The molecule has 1 heterocycles. The molecule has 23 heavy (non-hydrogen) atoms. The van der Waals surface area contributed by atoms with Gasteiger partial charge in [0.05, 0.1) is 22.8 Å². The molecule has 4 rings (SSSR count). The van der Waals surface area contributed by atoms with Crippen LogP contribution in [0.4, 0.5) is 0 Å². The maximum absolute atomic E-state index is 9.18. The van der Waals surface area contributed by atoms with Gasteiger partial charge in [0, 0.05) is 10.9 Å². The summed E-state index contributed by atoms with van der Waals surface area (Å²) >= 11 is 0. The van der Waals surface area contributed by atoms with Crippen molar-refractivity contribution in [3.8, 4) is 17.3 Å². The number of benzene rings is 3. The Hall–Kier alpha value is -3.18. The zero-order chi connectivity index (χ0) is 14.9. The topological polar surface area (TPSA) is 36.7 Å². The summed E-state index contributed by atoms with van der Waals surface area (Å²) in [5.74, 6) is 0. The van der Waals surface area contributed by atoms with E-state index in [0.717, 1.165) is 32.9 Å². The lowest BCUT2D eigenvalue weighted by Crippen LogP contribution is -1.86. The van der Waals surface area contributed by atoms with Crippen molar-refractivity contribution in [2.45, 2.75) is 7.43 Å². The monoisotopic (exact) mass is 296 g/mol. The molecule has 2 heteroatoms. The number of hydrogen-bond donors (Lipinski definition) is 0. The van der Waals surface area contributed by atoms with Crippen LogP contribution in [0.1, 0.15) is 13.0 Å². The SMILES string of the molecule is C.N#Cc1cccc2cc(-c3ccc4ccccc4n3)ccc12. The van der Waals surface area contributed by atoms with Crippen molar-refractivity contribution in [2.75, 3.05) is 0 Å². The van der Waals surface area contributed by atoms with Gasteiger partial charge in [-0.2, -0.15) is 5.26 Å². The number of nitrogens with zero attached hydrogens (tertiary/aromatic N) is 2. The van der Waals surface area contributed by atoms with Gasteiger partial charge in [-0.05, 0) is 35.0 Å². The van der Waals surface area contributed by atoms with Gasteiger partial charge in [-0.15, -0.1) is 0 Å². The molecule has 1 aromatic heterocycles. The summed E-state index contributed by atoms with van der Waals surface area (Å²) in [6.45, 7) is 0. The van der Waals surface area contributed by atoms with E-state index >= 15 is 0 Å². The molecule has 0 saturated carbocycles. The van der Waals surface area contributed by atoms with E-state index in [-0.39, 0.29) is 7.43 Å². The predicted octanol–water partition coefficient (Wildman–Crippen LogP) is 5.56. The highest BCUT2D eigenvalue weighted by Gasteiger charge is 2.05. The van der Waals surface area contributed by atoms with Crippen LogP contribution in [0, 0.1) is 11.3 Å². The summed E-state index contributed by atoms with van der Waals surface area (Å²) in [7, 11) is 0. The smallest absolute Gasteiger partial charge is 0.0998 e. The normalized spacial score (nSPS) is 10.2. The molecule has 0 radical (unpaired) electrons. The third kappa shape index (κ3) is 2.54. The van der Waals surface area contributed by atoms with Gasteiger partial charge in [-0.1, -0.05) is 56.0 Å². The minimum atomic E-state index is 0. The van der Waals surface area contributed by atoms with Gasteiger partial charge >= 0.3 is 0 Å². The third-order valence-electron chi connectivity index (χ3n) is 3.90. The molecule has 0 amide bonds. The molecule has 3 aromatic carbocycles. The van der Waals surface area contributed by atoms with Crippen LogP contribution in [0.5, 0.6) is 0 Å². The standard InChI is InChI=1S/C20H12N2.CH4/c21-13-17-6-3-5-15-12-16(8-10-18(15)17)20-11-9-14-4-1-2-7-19(14)22-20;/h1-12H;1H4. The number of para-hydroxylation sites is 1. The Morgan fingerprint density at radius 3 is 2.48 bits per heavy atom. The second kappa shape index (κ2) is 5.90. The summed E-state index contributed by atoms with van der Waals surface area (Å²) in [5.41, 5.74) is 3.71. The molecule has 2 nitrogen and oxygen atoms in total. The lowest BCUT2D eigenvalue weighted by molar-refractivity contribution is 1.40. The summed E-state index contributed by atoms with van der Waals surface area (Å²) in [6, 6.07) is 26.4. The molecule has 0 unspecified atom stereocenters. The fourth-order valence-electron chi connectivity index (χ4n) is 2.77. The van der Waals surface area contributed by atoms with E-state index in [1.807, 2.05) is 54.6 Å². The van der Waals surface area contributed by atoms with Crippen LogP contribution >= 0.6 is 0 Å². The van der Waals surface area contributed by atoms with E-state index in [4.69, 9.17) is 4.98 Å². The Balaban J connectivity index is 0.00000156. The summed E-state index contributed by atoms with van der Waals surface area (Å²) in [6.07, 6.45) is 0. The number of hydrogen-bond acceptors (Lipinski definition) is 2. The van der Waals surface area contributed by atoms with Crippen LogP contribution in [-0.4, -0.2) is 4.98 Å². The number of fused-ring (bicyclic) bond motifs is 2. The minimum absolute atomic E-state index is 0. The van der Waals surface area contributed by atoms with E-state index in [1.165, 1.54) is 0 Å². The van der Waals surface area contributed by atoms with Crippen molar-refractivity contribution in [3.63, 3.8) is 0 Å². The number of pyridine rings is 1. The molecule has 0 fully saturated rings. The number of nitriles is 1. The lowest BCUT2D eigenvalue weighted by atomic mass is 10.0. The molecule has 0 bridgehead atoms. The largest absolute Gasteiger partial charge is 0.248 e. The van der Waals surface area contributed by atoms with Crippen LogP contribution in [0.2, 0.25) is 0 Å². The highest BCUT2D eigenvalue weighted by molar-refractivity contribution is 5.91. The van der Waals surface area contributed by atoms with Gasteiger partial charge in [-0.3, -0.25) is 0 Å². The molecule has 0 aliphatic heterocycles. The minimum Gasteiger partial charge on any atom is -0.248 e. The molecular weight excluding hydrogens is 280 g/mol. The second-order valence-corrected chi connectivity index (χ2v) is 5.24. The Morgan fingerprint density at radius 2 is 1.61 bits per heavy atom. The zero-order valence-corrected chi connectivity index (χ0v) is 11.8. The van der Waals surface area contributed by atoms with E-state index < -0.39 is 0 Å². The first kappa shape index (κ1) is 14.7. The second-order valence-electron chi connectivity index (χ2n) is 5.24. The van der Waals surface area contributed by atoms with Crippen molar-refractivity contribution in [3.05, 3.63) is 78.4 Å². The third-order valence-corrected chi connectivity index (χ3v) is 3.90. The Kier molecular flexibility index (Phi) is 3.78. The fraction of sp³-hybridized carbons (Fsp3) is 0.0476. The molecule has 0 saturated heterocycles. The number of rotatable bonds is 1. The quantitative estimate of drug-likeness (QED) is 0.461. The van der Waals surface area contributed by atoms with Gasteiger partial charge in [-0.25, -0.2) is 4.98 Å². The van der Waals surface area contributed by atoms with Gasteiger partial charge in [0.1, 0.15) is 0 Å². The van der Waals surface area contributed by atoms with Crippen molar-refractivity contribution in [1.82, 2.24) is 4.98 Å². The first-order valence-corrected chi connectivity index (χ1v) is 7.14. The Bertz CT molecular complexity index is 1040. The predicted molar refractivity (Wildman–Crippen MR) is 96.1 cm³/mol. The molecule has 0 N–H and O–H groups in total. The fourth-order valence-corrected chi connectivity index (χ4v) is 2.77. The van der Waals surface area contributed by atoms with E-state index in [1.54, 1.807) is 0 Å². The molecule has 0 aliphatic carbocycles. The molecule has 110 valence electrons. The van der Waals surface area contributed by atoms with Crippen LogP contribution < -0.4 is 0 Å². The van der Waals surface area contributed by atoms with Crippen LogP contribution in [0.15, 0.2) is 72.8 Å². The van der Waals surface area contributed by atoms with Crippen LogP contribution in [-0.2, 0) is 0 Å². The molecule has 0 spiro atoms. The maximum atomic E-state index is 9.18. The van der Waals surface area contributed by atoms with Crippen molar-refractivity contribution in [2.24, 2.45) is 0 Å². The van der Waals surface area contributed by atoms with Crippen LogP contribution in [0.25, 0.3) is 32.9 Å². The number of aromatic nitrogens is 1. The first-order chi connectivity index (χ1) is 10.8. The highest BCUT2D eigenvalue weighted by atomic mass is 14.7. The van der Waals surface area contributed by atoms with Gasteiger partial charge in [0.2, 0.25) is 0 Å². The van der Waals surface area contributed by atoms with Crippen molar-refractivity contribution < 1.29 is 0 Å². The molecule has 4 aromatic rings. The Morgan fingerprint density at radius 1 is 0.783 bits per heavy atom. The van der Waals surface area contributed by atoms with Gasteiger partial charge in [0.15, 0.2) is 0 Å². The lowest BCUT2D eigenvalue weighted by Gasteiger charge is -2.06. The van der Waals surface area contributed by atoms with Crippen molar-refractivity contribution >= 4 is 21.7 Å². The summed E-state index contributed by atoms with van der Waals surface area (Å²) in [5, 5.41) is 12.4. The maximum Gasteiger partial charge on any atom is 0.0998 e. The van der Waals surface area contributed by atoms with Gasteiger partial charge in [0.25, 0.3) is 0 Å². The molecule has 0 aliphatic rings. The van der Waals surface area contributed by atoms with E-state index in [9.17, 15) is 5.26 Å². The summed E-state index contributed by atoms with van der Waals surface area (Å²) in [4.78, 5) is 4.73. The Labute approximate surface area is 135 Å². The average molecular weight is 296 g/mol. The first-order valence-electron chi connectivity index (χ1n) is 7.14. The van der Waals surface area contributed by atoms with Gasteiger partial charge < -0.3 is 0 Å². The van der Waals surface area contributed by atoms with Crippen LogP contribution in [0.3, 0.4) is 0 Å². The summed E-state index contributed by atoms with van der Waals surface area (Å²) < 4.78 is 0. The van der Waals surface area contributed by atoms with E-state index in [0.29, 0.717) is 5.56 Å². The molecule has 0 atom stereocenters. The molecular formula is C21H16N2. The van der Waals surface area contributed by atoms with Crippen molar-refractivity contribution in [1.29, 1.82) is 5.26 Å². The zero-order valence-electron chi connectivity index (χ0n) is 11.8.